The highest BCUT2D eigenvalue weighted by molar-refractivity contribution is 5.89. The van der Waals surface area contributed by atoms with E-state index < -0.39 is 29.1 Å². The number of phenols is 1. The third-order valence-electron chi connectivity index (χ3n) is 5.22. The molecule has 3 aromatic rings. The summed E-state index contributed by atoms with van der Waals surface area (Å²) in [7, 11) is 0. The van der Waals surface area contributed by atoms with E-state index in [1.807, 2.05) is 18.7 Å². The van der Waals surface area contributed by atoms with Crippen LogP contribution in [0.25, 0.3) is 11.0 Å². The van der Waals surface area contributed by atoms with Crippen LogP contribution in [-0.2, 0) is 17.5 Å². The SMILES string of the molecule is CCOC(=O)c1ccc(Oc2c(C(F)(F)F)oc3c(CN(CC)CC)c(O)ccc3c2=O)cc1. The molecule has 34 heavy (non-hydrogen) atoms. The molecule has 10 heteroatoms. The van der Waals surface area contributed by atoms with E-state index in [-0.39, 0.29) is 46.7 Å². The average Bonchev–Trinajstić information content (AvgIpc) is 2.80. The Morgan fingerprint density at radius 2 is 1.71 bits per heavy atom. The predicted molar refractivity (Wildman–Crippen MR) is 118 cm³/mol. The number of carbonyl (C=O) groups is 1. The molecule has 0 aliphatic rings. The maximum Gasteiger partial charge on any atom is 0.453 e. The van der Waals surface area contributed by atoms with Crippen molar-refractivity contribution < 1.29 is 37.0 Å². The molecule has 1 aromatic heterocycles. The Kier molecular flexibility index (Phi) is 7.51. The number of rotatable bonds is 8. The van der Waals surface area contributed by atoms with Crippen molar-refractivity contribution in [2.45, 2.75) is 33.5 Å². The number of phenolic OH excluding ortho intramolecular Hbond substituents is 1. The summed E-state index contributed by atoms with van der Waals surface area (Å²) in [6, 6.07) is 7.55. The van der Waals surface area contributed by atoms with Crippen LogP contribution in [0.4, 0.5) is 13.2 Å². The second-order valence-electron chi connectivity index (χ2n) is 7.34. The van der Waals surface area contributed by atoms with Crippen LogP contribution < -0.4 is 10.2 Å². The molecule has 0 radical (unpaired) electrons. The number of alkyl halides is 3. The van der Waals surface area contributed by atoms with E-state index in [1.165, 1.54) is 36.4 Å². The summed E-state index contributed by atoms with van der Waals surface area (Å²) in [4.78, 5) is 26.7. The lowest BCUT2D eigenvalue weighted by Gasteiger charge is -2.20. The first kappa shape index (κ1) is 25.1. The normalized spacial score (nSPS) is 11.7. The van der Waals surface area contributed by atoms with Gasteiger partial charge in [0.2, 0.25) is 11.2 Å². The maximum absolute atomic E-state index is 13.9. The van der Waals surface area contributed by atoms with E-state index in [0.717, 1.165) is 0 Å². The molecule has 0 amide bonds. The number of hydrogen-bond donors (Lipinski definition) is 1. The number of ether oxygens (including phenoxy) is 2. The minimum Gasteiger partial charge on any atom is -0.507 e. The molecule has 7 nitrogen and oxygen atoms in total. The quantitative estimate of drug-likeness (QED) is 0.437. The number of hydrogen-bond acceptors (Lipinski definition) is 7. The van der Waals surface area contributed by atoms with Crippen LogP contribution >= 0.6 is 0 Å². The lowest BCUT2D eigenvalue weighted by atomic mass is 10.1. The zero-order chi connectivity index (χ0) is 25.0. The first-order valence-corrected chi connectivity index (χ1v) is 10.7. The topological polar surface area (TPSA) is 89.2 Å². The molecule has 0 aliphatic heterocycles. The van der Waals surface area contributed by atoms with Gasteiger partial charge in [0, 0.05) is 6.54 Å². The standard InChI is InChI=1S/C24H24F3NO6/c1-4-28(5-2)13-17-18(29)12-11-16-19(30)21(22(24(25,26)27)34-20(16)17)33-15-9-7-14(8-10-15)23(31)32-6-3/h7-12,29H,4-6,13H2,1-3H3. The summed E-state index contributed by atoms with van der Waals surface area (Å²) >= 11 is 0. The average molecular weight is 479 g/mol. The molecule has 1 heterocycles. The van der Waals surface area contributed by atoms with E-state index in [4.69, 9.17) is 13.9 Å². The van der Waals surface area contributed by atoms with Gasteiger partial charge < -0.3 is 19.0 Å². The van der Waals surface area contributed by atoms with Gasteiger partial charge in [0.25, 0.3) is 5.76 Å². The molecule has 3 rings (SSSR count). The van der Waals surface area contributed by atoms with E-state index >= 15 is 0 Å². The molecular weight excluding hydrogens is 455 g/mol. The largest absolute Gasteiger partial charge is 0.507 e. The van der Waals surface area contributed by atoms with Gasteiger partial charge >= 0.3 is 12.1 Å². The lowest BCUT2D eigenvalue weighted by molar-refractivity contribution is -0.154. The second kappa shape index (κ2) is 10.2. The molecule has 1 N–H and O–H groups in total. The minimum atomic E-state index is -5.05. The number of benzene rings is 2. The minimum absolute atomic E-state index is 0.0779. The maximum atomic E-state index is 13.9. The van der Waals surface area contributed by atoms with Crippen molar-refractivity contribution in [3.8, 4) is 17.2 Å². The highest BCUT2D eigenvalue weighted by Gasteiger charge is 2.41. The highest BCUT2D eigenvalue weighted by atomic mass is 19.4. The molecule has 0 saturated heterocycles. The van der Waals surface area contributed by atoms with Crippen LogP contribution in [0.2, 0.25) is 0 Å². The fourth-order valence-corrected chi connectivity index (χ4v) is 3.38. The van der Waals surface area contributed by atoms with E-state index in [0.29, 0.717) is 13.1 Å². The Bertz CT molecular complexity index is 1230. The Morgan fingerprint density at radius 3 is 2.26 bits per heavy atom. The van der Waals surface area contributed by atoms with E-state index in [1.54, 1.807) is 6.92 Å². The van der Waals surface area contributed by atoms with Crippen LogP contribution in [0.3, 0.4) is 0 Å². The number of halogens is 3. The van der Waals surface area contributed by atoms with Gasteiger partial charge in [-0.3, -0.25) is 9.69 Å². The molecule has 0 fully saturated rings. The summed E-state index contributed by atoms with van der Waals surface area (Å²) in [6.07, 6.45) is -5.05. The fraction of sp³-hybridized carbons (Fsp3) is 0.333. The third-order valence-corrected chi connectivity index (χ3v) is 5.22. The molecule has 0 spiro atoms. The second-order valence-corrected chi connectivity index (χ2v) is 7.34. The number of carbonyl (C=O) groups excluding carboxylic acids is 1. The molecule has 0 aliphatic carbocycles. The van der Waals surface area contributed by atoms with Crippen molar-refractivity contribution in [2.75, 3.05) is 19.7 Å². The van der Waals surface area contributed by atoms with Gasteiger partial charge in [-0.1, -0.05) is 13.8 Å². The Hall–Kier alpha value is -3.53. The number of fused-ring (bicyclic) bond motifs is 1. The van der Waals surface area contributed by atoms with Gasteiger partial charge in [-0.25, -0.2) is 4.79 Å². The summed E-state index contributed by atoms with van der Waals surface area (Å²) in [5.74, 6) is -3.64. The molecule has 0 unspecified atom stereocenters. The first-order valence-electron chi connectivity index (χ1n) is 10.7. The summed E-state index contributed by atoms with van der Waals surface area (Å²) < 4.78 is 57.1. The molecule has 182 valence electrons. The van der Waals surface area contributed by atoms with Gasteiger partial charge in [-0.2, -0.15) is 13.2 Å². The van der Waals surface area contributed by atoms with Crippen molar-refractivity contribution in [1.82, 2.24) is 4.90 Å². The molecule has 2 aromatic carbocycles. The zero-order valence-corrected chi connectivity index (χ0v) is 18.9. The number of esters is 1. The summed E-state index contributed by atoms with van der Waals surface area (Å²) in [5.41, 5.74) is -1.14. The van der Waals surface area contributed by atoms with Gasteiger partial charge in [-0.15, -0.1) is 0 Å². The number of aromatic hydroxyl groups is 1. The van der Waals surface area contributed by atoms with Crippen molar-refractivity contribution >= 4 is 16.9 Å². The third kappa shape index (κ3) is 5.17. The Labute approximate surface area is 193 Å². The van der Waals surface area contributed by atoms with Crippen LogP contribution in [-0.4, -0.2) is 35.7 Å². The highest BCUT2D eigenvalue weighted by Crippen LogP contribution is 2.40. The van der Waals surface area contributed by atoms with Crippen LogP contribution in [0.15, 0.2) is 45.6 Å². The van der Waals surface area contributed by atoms with Crippen LogP contribution in [0, 0.1) is 0 Å². The molecule has 0 saturated carbocycles. The van der Waals surface area contributed by atoms with Crippen molar-refractivity contribution in [2.24, 2.45) is 0 Å². The molecule has 0 bridgehead atoms. The van der Waals surface area contributed by atoms with Crippen LogP contribution in [0.5, 0.6) is 17.2 Å². The van der Waals surface area contributed by atoms with Crippen molar-refractivity contribution in [1.29, 1.82) is 0 Å². The molecule has 0 atom stereocenters. The van der Waals surface area contributed by atoms with Gasteiger partial charge in [0.15, 0.2) is 0 Å². The van der Waals surface area contributed by atoms with Gasteiger partial charge in [0.05, 0.1) is 23.1 Å². The smallest absolute Gasteiger partial charge is 0.453 e. The summed E-state index contributed by atoms with van der Waals surface area (Å²) in [5, 5.41) is 10.1. The predicted octanol–water partition coefficient (Wildman–Crippen LogP) is 5.33. The Balaban J connectivity index is 2.13. The monoisotopic (exact) mass is 479 g/mol. The fourth-order valence-electron chi connectivity index (χ4n) is 3.38. The zero-order valence-electron chi connectivity index (χ0n) is 18.9. The summed E-state index contributed by atoms with van der Waals surface area (Å²) in [6.45, 7) is 6.77. The van der Waals surface area contributed by atoms with E-state index in [2.05, 4.69) is 0 Å². The lowest BCUT2D eigenvalue weighted by Crippen LogP contribution is -2.23. The van der Waals surface area contributed by atoms with Gasteiger partial charge in [-0.05, 0) is 56.4 Å². The van der Waals surface area contributed by atoms with E-state index in [9.17, 15) is 27.9 Å². The first-order chi connectivity index (χ1) is 16.1. The number of nitrogens with zero attached hydrogens (tertiary/aromatic N) is 1. The van der Waals surface area contributed by atoms with Crippen LogP contribution in [0.1, 0.15) is 42.5 Å². The van der Waals surface area contributed by atoms with Gasteiger partial charge in [0.1, 0.15) is 17.1 Å². The Morgan fingerprint density at radius 1 is 1.06 bits per heavy atom. The molecular formula is C24H24F3NO6. The van der Waals surface area contributed by atoms with Crippen molar-refractivity contribution in [3.05, 3.63) is 63.5 Å². The van der Waals surface area contributed by atoms with Crippen molar-refractivity contribution in [3.63, 3.8) is 0 Å².